The number of imidazole rings is 1. The summed E-state index contributed by atoms with van der Waals surface area (Å²) in [6.45, 7) is 2.05. The van der Waals surface area contributed by atoms with Gasteiger partial charge in [-0.1, -0.05) is 6.07 Å². The molecule has 118 valence electrons. The Labute approximate surface area is 131 Å². The van der Waals surface area contributed by atoms with Crippen molar-refractivity contribution in [3.8, 4) is 0 Å². The lowest BCUT2D eigenvalue weighted by molar-refractivity contribution is 0.0526. The van der Waals surface area contributed by atoms with Crippen LogP contribution in [0.1, 0.15) is 28.5 Å². The molecule has 0 saturated carbocycles. The molecule has 2 heterocycles. The highest BCUT2D eigenvalue weighted by molar-refractivity contribution is 5.89. The summed E-state index contributed by atoms with van der Waals surface area (Å²) in [7, 11) is 0. The lowest BCUT2D eigenvalue weighted by Gasteiger charge is -2.04. The molecule has 2 aromatic heterocycles. The molecule has 0 amide bonds. The van der Waals surface area contributed by atoms with Crippen LogP contribution in [0.5, 0.6) is 0 Å². The predicted molar refractivity (Wildman–Crippen MR) is 80.3 cm³/mol. The van der Waals surface area contributed by atoms with Crippen LogP contribution in [0.25, 0.3) is 5.52 Å². The molecule has 0 bridgehead atoms. The number of rotatable bonds is 4. The number of benzene rings is 1. The third-order valence-electron chi connectivity index (χ3n) is 3.48. The number of aromatic nitrogens is 2. The fourth-order valence-corrected chi connectivity index (χ4v) is 2.37. The maximum Gasteiger partial charge on any atom is 0.339 e. The Bertz CT molecular complexity index is 874. The van der Waals surface area contributed by atoms with E-state index in [1.807, 2.05) is 0 Å². The van der Waals surface area contributed by atoms with Gasteiger partial charge in [0, 0.05) is 12.6 Å². The minimum atomic E-state index is -0.879. The molecule has 6 heteroatoms. The number of ether oxygens (including phenoxy) is 1. The van der Waals surface area contributed by atoms with Crippen LogP contribution in [-0.4, -0.2) is 22.0 Å². The normalized spacial score (nSPS) is 10.9. The zero-order valence-electron chi connectivity index (χ0n) is 12.4. The molecule has 0 atom stereocenters. The van der Waals surface area contributed by atoms with E-state index in [1.165, 1.54) is 6.07 Å². The van der Waals surface area contributed by atoms with Gasteiger partial charge in [0.25, 0.3) is 0 Å². The molecule has 0 spiro atoms. The van der Waals surface area contributed by atoms with Crippen LogP contribution in [-0.2, 0) is 11.2 Å². The van der Waals surface area contributed by atoms with Gasteiger partial charge < -0.3 is 9.14 Å². The average molecular weight is 316 g/mol. The van der Waals surface area contributed by atoms with Crippen molar-refractivity contribution in [2.24, 2.45) is 0 Å². The highest BCUT2D eigenvalue weighted by Gasteiger charge is 2.11. The smallest absolute Gasteiger partial charge is 0.339 e. The summed E-state index contributed by atoms with van der Waals surface area (Å²) in [4.78, 5) is 16.0. The Morgan fingerprint density at radius 3 is 2.78 bits per heavy atom. The van der Waals surface area contributed by atoms with Crippen LogP contribution >= 0.6 is 0 Å². The third-order valence-corrected chi connectivity index (χ3v) is 3.48. The minimum Gasteiger partial charge on any atom is -0.462 e. The van der Waals surface area contributed by atoms with E-state index in [0.29, 0.717) is 29.8 Å². The third kappa shape index (κ3) is 3.06. The number of esters is 1. The molecule has 0 aliphatic rings. The molecule has 0 unspecified atom stereocenters. The van der Waals surface area contributed by atoms with Crippen molar-refractivity contribution in [2.75, 3.05) is 6.61 Å². The summed E-state index contributed by atoms with van der Waals surface area (Å²) < 4.78 is 32.9. The van der Waals surface area contributed by atoms with Gasteiger partial charge in [0.15, 0.2) is 11.6 Å². The summed E-state index contributed by atoms with van der Waals surface area (Å²) >= 11 is 0. The molecule has 4 nitrogen and oxygen atoms in total. The molecule has 0 aliphatic carbocycles. The molecule has 0 radical (unpaired) electrons. The molecule has 3 aromatic rings. The first-order valence-corrected chi connectivity index (χ1v) is 7.15. The van der Waals surface area contributed by atoms with Crippen LogP contribution in [0.15, 0.2) is 42.9 Å². The van der Waals surface area contributed by atoms with E-state index >= 15 is 0 Å². The first kappa shape index (κ1) is 15.1. The fraction of sp³-hybridized carbons (Fsp3) is 0.176. The van der Waals surface area contributed by atoms with Crippen LogP contribution in [0.4, 0.5) is 8.78 Å². The molecule has 0 fully saturated rings. The molecule has 3 rings (SSSR count). The highest BCUT2D eigenvalue weighted by atomic mass is 19.2. The van der Waals surface area contributed by atoms with Crippen molar-refractivity contribution in [2.45, 2.75) is 13.3 Å². The zero-order chi connectivity index (χ0) is 16.4. The first-order valence-electron chi connectivity index (χ1n) is 7.15. The van der Waals surface area contributed by atoms with E-state index in [2.05, 4.69) is 4.98 Å². The van der Waals surface area contributed by atoms with E-state index in [9.17, 15) is 13.6 Å². The number of carbonyl (C=O) groups is 1. The molecule has 23 heavy (non-hydrogen) atoms. The molecule has 1 aromatic carbocycles. The average Bonchev–Trinajstić information content (AvgIpc) is 2.93. The van der Waals surface area contributed by atoms with Gasteiger partial charge >= 0.3 is 5.97 Å². The van der Waals surface area contributed by atoms with Crippen LogP contribution < -0.4 is 0 Å². The molecular weight excluding hydrogens is 302 g/mol. The van der Waals surface area contributed by atoms with E-state index in [4.69, 9.17) is 4.74 Å². The van der Waals surface area contributed by atoms with E-state index in [1.54, 1.807) is 36.0 Å². The number of hydrogen-bond donors (Lipinski definition) is 0. The summed E-state index contributed by atoms with van der Waals surface area (Å²) in [5.74, 6) is -2.15. The lowest BCUT2D eigenvalue weighted by atomic mass is 10.1. The quantitative estimate of drug-likeness (QED) is 0.693. The van der Waals surface area contributed by atoms with E-state index in [0.717, 1.165) is 17.6 Å². The largest absolute Gasteiger partial charge is 0.462 e. The minimum absolute atomic E-state index is 0.308. The Kier molecular flexibility index (Phi) is 4.06. The van der Waals surface area contributed by atoms with Crippen molar-refractivity contribution in [3.63, 3.8) is 0 Å². The van der Waals surface area contributed by atoms with Gasteiger partial charge in [0.05, 0.1) is 29.7 Å². The number of nitrogens with zero attached hydrogens (tertiary/aromatic N) is 2. The van der Waals surface area contributed by atoms with E-state index in [-0.39, 0.29) is 0 Å². The molecule has 0 aliphatic heterocycles. The standard InChI is InChI=1S/C17H14F2N2O2/c1-2-23-17(22)12-4-6-16-15(20-10-21(16)9-12)8-11-3-5-13(18)14(19)7-11/h3-7,9-10H,2,8H2,1H3. The van der Waals surface area contributed by atoms with Crippen molar-refractivity contribution in [3.05, 3.63) is 71.3 Å². The maximum atomic E-state index is 13.3. The summed E-state index contributed by atoms with van der Waals surface area (Å²) in [6, 6.07) is 7.20. The van der Waals surface area contributed by atoms with Crippen molar-refractivity contribution >= 4 is 11.5 Å². The summed E-state index contributed by atoms with van der Waals surface area (Å²) in [6.07, 6.45) is 3.58. The monoisotopic (exact) mass is 316 g/mol. The Morgan fingerprint density at radius 1 is 1.22 bits per heavy atom. The number of halogens is 2. The summed E-state index contributed by atoms with van der Waals surface area (Å²) in [5, 5.41) is 0. The second-order valence-corrected chi connectivity index (χ2v) is 5.05. The SMILES string of the molecule is CCOC(=O)c1ccc2c(Cc3ccc(F)c(F)c3)ncn2c1. The van der Waals surface area contributed by atoms with E-state index < -0.39 is 17.6 Å². The van der Waals surface area contributed by atoms with Crippen LogP contribution in [0, 0.1) is 11.6 Å². The second kappa shape index (κ2) is 6.16. The lowest BCUT2D eigenvalue weighted by Crippen LogP contribution is -2.05. The fourth-order valence-electron chi connectivity index (χ4n) is 2.37. The Hall–Kier alpha value is -2.76. The van der Waals surface area contributed by atoms with Crippen molar-refractivity contribution in [1.82, 2.24) is 9.38 Å². The highest BCUT2D eigenvalue weighted by Crippen LogP contribution is 2.17. The van der Waals surface area contributed by atoms with Gasteiger partial charge in [-0.15, -0.1) is 0 Å². The van der Waals surface area contributed by atoms with Crippen molar-refractivity contribution in [1.29, 1.82) is 0 Å². The van der Waals surface area contributed by atoms with Gasteiger partial charge in [0.1, 0.15) is 0 Å². The number of pyridine rings is 1. The van der Waals surface area contributed by atoms with Gasteiger partial charge in [0.2, 0.25) is 0 Å². The predicted octanol–water partition coefficient (Wildman–Crippen LogP) is 3.38. The Morgan fingerprint density at radius 2 is 2.04 bits per heavy atom. The first-order chi connectivity index (χ1) is 11.1. The number of fused-ring (bicyclic) bond motifs is 1. The summed E-state index contributed by atoms with van der Waals surface area (Å²) in [5.41, 5.74) is 2.56. The van der Waals surface area contributed by atoms with Crippen molar-refractivity contribution < 1.29 is 18.3 Å². The van der Waals surface area contributed by atoms with Crippen LogP contribution in [0.3, 0.4) is 0 Å². The Balaban J connectivity index is 1.90. The second-order valence-electron chi connectivity index (χ2n) is 5.05. The topological polar surface area (TPSA) is 43.6 Å². The van der Waals surface area contributed by atoms with Gasteiger partial charge in [-0.3, -0.25) is 0 Å². The molecule has 0 saturated heterocycles. The molecule has 0 N–H and O–H groups in total. The maximum absolute atomic E-state index is 13.3. The van der Waals surface area contributed by atoms with Gasteiger partial charge in [-0.2, -0.15) is 0 Å². The number of hydrogen-bond acceptors (Lipinski definition) is 3. The zero-order valence-corrected chi connectivity index (χ0v) is 12.4. The van der Waals surface area contributed by atoms with Gasteiger partial charge in [-0.05, 0) is 36.8 Å². The number of carbonyl (C=O) groups excluding carboxylic acids is 1. The van der Waals surface area contributed by atoms with Crippen LogP contribution in [0.2, 0.25) is 0 Å². The molecular formula is C17H14F2N2O2. The van der Waals surface area contributed by atoms with Gasteiger partial charge in [-0.25, -0.2) is 18.6 Å².